The average Bonchev–Trinajstić information content (AvgIpc) is 3.38. The molecule has 2 saturated heterocycles. The highest BCUT2D eigenvalue weighted by Crippen LogP contribution is 2.44. The molecule has 0 aromatic carbocycles. The van der Waals surface area contributed by atoms with Gasteiger partial charge in [-0.25, -0.2) is 9.97 Å². The maximum atomic E-state index is 12.4. The van der Waals surface area contributed by atoms with E-state index >= 15 is 0 Å². The number of nitrogens with one attached hydrogen (secondary N) is 1. The molecule has 2 aromatic heterocycles. The average molecular weight is 506 g/mol. The fourth-order valence-corrected chi connectivity index (χ4v) is 4.57. The van der Waals surface area contributed by atoms with Crippen molar-refractivity contribution >= 4 is 34.8 Å². The number of amides is 1. The first-order chi connectivity index (χ1) is 16.0. The van der Waals surface area contributed by atoms with Gasteiger partial charge in [-0.3, -0.25) is 4.79 Å². The predicted octanol–water partition coefficient (Wildman–Crippen LogP) is 2.34. The van der Waals surface area contributed by atoms with E-state index in [0.717, 1.165) is 5.56 Å². The molecule has 2 unspecified atom stereocenters. The van der Waals surface area contributed by atoms with Crippen LogP contribution in [0.1, 0.15) is 32.1 Å². The minimum atomic E-state index is -4.92. The molecule has 1 amide bonds. The Bertz CT molecular complexity index is 1050. The van der Waals surface area contributed by atoms with Gasteiger partial charge in [-0.15, -0.1) is 0 Å². The Morgan fingerprint density at radius 1 is 1.32 bits per heavy atom. The second-order valence-electron chi connectivity index (χ2n) is 8.46. The van der Waals surface area contributed by atoms with E-state index in [4.69, 9.17) is 24.1 Å². The molecule has 0 aliphatic carbocycles. The number of hydrogen-bond acceptors (Lipinski definition) is 9. The van der Waals surface area contributed by atoms with Crippen molar-refractivity contribution in [2.45, 2.75) is 63.2 Å². The second-order valence-corrected chi connectivity index (χ2v) is 9.03. The Labute approximate surface area is 197 Å². The SMILES string of the molecule is CSOC[C@H]1O[C@@H](n2cc(CCCNC(=O)C(F)(F)F)c3c(N)ncnc32)C2OC(C)(C)OC21. The molecular weight excluding hydrogens is 479 g/mol. The lowest BCUT2D eigenvalue weighted by molar-refractivity contribution is -0.198. The number of anilines is 1. The third-order valence-electron chi connectivity index (χ3n) is 5.63. The molecule has 0 saturated carbocycles. The molecular formula is C20H26F3N5O5S. The van der Waals surface area contributed by atoms with Gasteiger partial charge in [-0.05, 0) is 44.3 Å². The summed E-state index contributed by atoms with van der Waals surface area (Å²) in [6.07, 6.45) is -1.21. The first-order valence-electron chi connectivity index (χ1n) is 10.6. The minimum absolute atomic E-state index is 0.150. The topological polar surface area (TPSA) is 123 Å². The maximum absolute atomic E-state index is 12.4. The maximum Gasteiger partial charge on any atom is 0.471 e. The smallest absolute Gasteiger partial charge is 0.383 e. The molecule has 4 rings (SSSR count). The third-order valence-corrected chi connectivity index (χ3v) is 6.00. The number of carbonyl (C=O) groups is 1. The molecule has 2 aliphatic rings. The van der Waals surface area contributed by atoms with Crippen molar-refractivity contribution in [3.8, 4) is 0 Å². The molecule has 2 fully saturated rings. The Kier molecular flexibility index (Phi) is 6.97. The second kappa shape index (κ2) is 9.49. The van der Waals surface area contributed by atoms with Gasteiger partial charge in [0.1, 0.15) is 36.1 Å². The highest BCUT2D eigenvalue weighted by Gasteiger charge is 2.56. The highest BCUT2D eigenvalue weighted by atomic mass is 32.2. The Hall–Kier alpha value is -2.13. The van der Waals surface area contributed by atoms with E-state index in [1.165, 1.54) is 18.4 Å². The molecule has 3 N–H and O–H groups in total. The summed E-state index contributed by atoms with van der Waals surface area (Å²) in [6, 6.07) is 0. The molecule has 0 radical (unpaired) electrons. The highest BCUT2D eigenvalue weighted by molar-refractivity contribution is 7.93. The van der Waals surface area contributed by atoms with Crippen LogP contribution in [0.25, 0.3) is 11.0 Å². The Morgan fingerprint density at radius 2 is 2.06 bits per heavy atom. The van der Waals surface area contributed by atoms with Gasteiger partial charge < -0.3 is 34.0 Å². The summed E-state index contributed by atoms with van der Waals surface area (Å²) in [5.41, 5.74) is 7.34. The molecule has 2 aromatic rings. The van der Waals surface area contributed by atoms with Crippen LogP contribution in [-0.4, -0.2) is 70.1 Å². The number of halogens is 3. The van der Waals surface area contributed by atoms with Crippen molar-refractivity contribution in [3.05, 3.63) is 18.1 Å². The number of carbonyl (C=O) groups excluding carboxylic acids is 1. The number of hydrogen-bond donors (Lipinski definition) is 2. The van der Waals surface area contributed by atoms with Gasteiger partial charge in [0.15, 0.2) is 12.0 Å². The van der Waals surface area contributed by atoms with Gasteiger partial charge in [-0.1, -0.05) is 0 Å². The lowest BCUT2D eigenvalue weighted by Crippen LogP contribution is -2.37. The summed E-state index contributed by atoms with van der Waals surface area (Å²) in [5.74, 6) is -2.55. The van der Waals surface area contributed by atoms with E-state index in [9.17, 15) is 18.0 Å². The molecule has 4 heterocycles. The van der Waals surface area contributed by atoms with Gasteiger partial charge >= 0.3 is 12.1 Å². The molecule has 4 atom stereocenters. The van der Waals surface area contributed by atoms with Crippen LogP contribution in [0.5, 0.6) is 0 Å². The number of nitrogen functional groups attached to an aromatic ring is 1. The fourth-order valence-electron chi connectivity index (χ4n) is 4.30. The number of fused-ring (bicyclic) bond motifs is 2. The van der Waals surface area contributed by atoms with E-state index in [2.05, 4.69) is 9.97 Å². The number of aromatic nitrogens is 3. The van der Waals surface area contributed by atoms with Crippen LogP contribution < -0.4 is 11.1 Å². The van der Waals surface area contributed by atoms with Crippen LogP contribution in [0.4, 0.5) is 19.0 Å². The monoisotopic (exact) mass is 505 g/mol. The van der Waals surface area contributed by atoms with Crippen LogP contribution in [0.3, 0.4) is 0 Å². The number of rotatable bonds is 8. The third kappa shape index (κ3) is 4.96. The fraction of sp³-hybridized carbons (Fsp3) is 0.650. The molecule has 0 bridgehead atoms. The number of ether oxygens (including phenoxy) is 3. The Morgan fingerprint density at radius 3 is 2.76 bits per heavy atom. The van der Waals surface area contributed by atoms with E-state index < -0.39 is 30.2 Å². The van der Waals surface area contributed by atoms with Crippen LogP contribution in [-0.2, 0) is 29.6 Å². The zero-order valence-electron chi connectivity index (χ0n) is 18.8. The normalized spacial score (nSPS) is 26.2. The van der Waals surface area contributed by atoms with E-state index in [0.29, 0.717) is 24.1 Å². The van der Waals surface area contributed by atoms with E-state index in [1.54, 1.807) is 10.8 Å². The number of nitrogens with two attached hydrogens (primary N) is 1. The molecule has 2 aliphatic heterocycles. The van der Waals surface area contributed by atoms with Crippen LogP contribution >= 0.6 is 12.0 Å². The predicted molar refractivity (Wildman–Crippen MR) is 117 cm³/mol. The van der Waals surface area contributed by atoms with Crippen molar-refractivity contribution in [1.82, 2.24) is 19.9 Å². The minimum Gasteiger partial charge on any atom is -0.383 e. The van der Waals surface area contributed by atoms with Gasteiger partial charge in [0.2, 0.25) is 0 Å². The summed E-state index contributed by atoms with van der Waals surface area (Å²) in [5, 5.41) is 2.45. The zero-order chi connectivity index (χ0) is 24.7. The molecule has 10 nitrogen and oxygen atoms in total. The molecule has 14 heteroatoms. The first kappa shape index (κ1) is 25.0. The zero-order valence-corrected chi connectivity index (χ0v) is 19.6. The number of nitrogens with zero attached hydrogens (tertiary/aromatic N) is 3. The summed E-state index contributed by atoms with van der Waals surface area (Å²) < 4.78 is 63.0. The number of aryl methyl sites for hydroxylation is 1. The quantitative estimate of drug-likeness (QED) is 0.411. The largest absolute Gasteiger partial charge is 0.471 e. The van der Waals surface area contributed by atoms with Crippen molar-refractivity contribution in [2.24, 2.45) is 0 Å². The van der Waals surface area contributed by atoms with Crippen LogP contribution in [0, 0.1) is 0 Å². The van der Waals surface area contributed by atoms with Gasteiger partial charge in [0.05, 0.1) is 12.0 Å². The van der Waals surface area contributed by atoms with E-state index in [-0.39, 0.29) is 31.0 Å². The molecule has 188 valence electrons. The van der Waals surface area contributed by atoms with Gasteiger partial charge in [0.25, 0.3) is 0 Å². The van der Waals surface area contributed by atoms with Crippen molar-refractivity contribution in [2.75, 3.05) is 25.1 Å². The Balaban J connectivity index is 1.58. The summed E-state index contributed by atoms with van der Waals surface area (Å²) >= 11 is 1.22. The lowest BCUT2D eigenvalue weighted by Gasteiger charge is -2.24. The molecule has 34 heavy (non-hydrogen) atoms. The van der Waals surface area contributed by atoms with Gasteiger partial charge in [0, 0.05) is 19.0 Å². The van der Waals surface area contributed by atoms with Crippen molar-refractivity contribution in [3.63, 3.8) is 0 Å². The summed E-state index contributed by atoms with van der Waals surface area (Å²) in [4.78, 5) is 19.5. The van der Waals surface area contributed by atoms with Crippen molar-refractivity contribution < 1.29 is 36.4 Å². The van der Waals surface area contributed by atoms with Crippen LogP contribution in [0.2, 0.25) is 0 Å². The summed E-state index contributed by atoms with van der Waals surface area (Å²) in [6.45, 7) is 3.79. The van der Waals surface area contributed by atoms with Crippen LogP contribution in [0.15, 0.2) is 12.5 Å². The van der Waals surface area contributed by atoms with Crippen molar-refractivity contribution in [1.29, 1.82) is 0 Å². The molecule has 0 spiro atoms. The standard InChI is InChI=1S/C20H26F3N5O5S/c1-19(2)32-13-11(8-30-34-3)31-17(14(13)33-19)28-7-10(12-15(24)26-9-27-16(12)28)5-4-6-25-18(29)20(21,22)23/h7,9,11,13-14,17H,4-6,8H2,1-3H3,(H,25,29)(H2,24,26,27)/t11-,13?,14?,17-/m1/s1. The first-order valence-corrected chi connectivity index (χ1v) is 11.8. The summed E-state index contributed by atoms with van der Waals surface area (Å²) in [7, 11) is 0. The number of alkyl halides is 3. The van der Waals surface area contributed by atoms with E-state index in [1.807, 2.05) is 25.4 Å². The van der Waals surface area contributed by atoms with Gasteiger partial charge in [-0.2, -0.15) is 13.2 Å². The lowest BCUT2D eigenvalue weighted by atomic mass is 10.1.